The van der Waals surface area contributed by atoms with Crippen LogP contribution < -0.4 is 0 Å². The topological polar surface area (TPSA) is 53.5 Å². The van der Waals surface area contributed by atoms with Crippen molar-refractivity contribution < 1.29 is 14.0 Å². The Bertz CT molecular complexity index is 1080. The summed E-state index contributed by atoms with van der Waals surface area (Å²) in [5.41, 5.74) is 3.31. The molecule has 0 saturated heterocycles. The number of aromatic nitrogens is 1. The predicted molar refractivity (Wildman–Crippen MR) is 109 cm³/mol. The zero-order chi connectivity index (χ0) is 20.5. The fraction of sp³-hybridized carbons (Fsp3) is 0.261. The number of amides is 2. The number of hydrogen-bond donors (Lipinski definition) is 0. The molecule has 0 aliphatic carbocycles. The molecule has 4 rings (SSSR count). The minimum absolute atomic E-state index is 0.256. The van der Waals surface area contributed by atoms with E-state index >= 15 is 0 Å². The third kappa shape index (κ3) is 3.63. The lowest BCUT2D eigenvalue weighted by Gasteiger charge is -2.19. The number of pyridine rings is 1. The first-order chi connectivity index (χ1) is 14.0. The van der Waals surface area contributed by atoms with Gasteiger partial charge in [-0.2, -0.15) is 0 Å². The van der Waals surface area contributed by atoms with Gasteiger partial charge in [-0.1, -0.05) is 19.1 Å². The number of halogens is 1. The summed E-state index contributed by atoms with van der Waals surface area (Å²) in [6.45, 7) is 3.80. The van der Waals surface area contributed by atoms with Crippen molar-refractivity contribution in [3.8, 4) is 0 Å². The van der Waals surface area contributed by atoms with Gasteiger partial charge in [-0.15, -0.1) is 0 Å². The average molecular weight is 391 g/mol. The fourth-order valence-corrected chi connectivity index (χ4v) is 3.62. The van der Waals surface area contributed by atoms with Crippen LogP contribution in [0.5, 0.6) is 0 Å². The highest BCUT2D eigenvalue weighted by Crippen LogP contribution is 2.24. The van der Waals surface area contributed by atoms with E-state index in [9.17, 15) is 14.0 Å². The maximum absolute atomic E-state index is 13.6. The number of nitrogens with zero attached hydrogens (tertiary/aromatic N) is 3. The number of fused-ring (bicyclic) bond motifs is 2. The molecule has 2 amide bonds. The summed E-state index contributed by atoms with van der Waals surface area (Å²) >= 11 is 0. The van der Waals surface area contributed by atoms with Crippen molar-refractivity contribution in [3.05, 3.63) is 76.7 Å². The van der Waals surface area contributed by atoms with Gasteiger partial charge < -0.3 is 4.90 Å². The molecule has 1 aromatic heterocycles. The zero-order valence-corrected chi connectivity index (χ0v) is 16.5. The minimum Gasteiger partial charge on any atom is -0.301 e. The summed E-state index contributed by atoms with van der Waals surface area (Å²) in [4.78, 5) is 33.3. The molecule has 6 heteroatoms. The third-order valence-corrected chi connectivity index (χ3v) is 5.39. The van der Waals surface area contributed by atoms with Gasteiger partial charge in [-0.25, -0.2) is 4.39 Å². The van der Waals surface area contributed by atoms with Crippen LogP contribution in [-0.4, -0.2) is 46.7 Å². The molecular formula is C23H22FN3O2. The summed E-state index contributed by atoms with van der Waals surface area (Å²) in [5, 5.41) is 0.840. The zero-order valence-electron chi connectivity index (χ0n) is 16.5. The van der Waals surface area contributed by atoms with Crippen LogP contribution in [0.4, 0.5) is 4.39 Å². The molecule has 0 N–H and O–H groups in total. The van der Waals surface area contributed by atoms with E-state index in [4.69, 9.17) is 0 Å². The van der Waals surface area contributed by atoms with Crippen LogP contribution >= 0.6 is 0 Å². The maximum atomic E-state index is 13.6. The molecule has 0 fully saturated rings. The Kier molecular flexibility index (Phi) is 5.11. The second-order valence-electron chi connectivity index (χ2n) is 7.32. The highest BCUT2D eigenvalue weighted by molar-refractivity contribution is 6.21. The van der Waals surface area contributed by atoms with E-state index in [-0.39, 0.29) is 24.2 Å². The first-order valence-electron chi connectivity index (χ1n) is 9.69. The van der Waals surface area contributed by atoms with Crippen molar-refractivity contribution >= 4 is 22.7 Å². The molecule has 148 valence electrons. The molecule has 0 bridgehead atoms. The number of carbonyl (C=O) groups is 2. The van der Waals surface area contributed by atoms with Crippen LogP contribution in [0.1, 0.15) is 38.9 Å². The molecule has 2 aromatic carbocycles. The predicted octanol–water partition coefficient (Wildman–Crippen LogP) is 3.66. The number of rotatable bonds is 6. The van der Waals surface area contributed by atoms with Gasteiger partial charge in [0.15, 0.2) is 0 Å². The second-order valence-corrected chi connectivity index (χ2v) is 7.32. The molecule has 1 aliphatic heterocycles. The quantitative estimate of drug-likeness (QED) is 0.602. The Balaban J connectivity index is 1.63. The van der Waals surface area contributed by atoms with Crippen molar-refractivity contribution in [3.63, 3.8) is 0 Å². The van der Waals surface area contributed by atoms with E-state index in [2.05, 4.69) is 16.8 Å². The Morgan fingerprint density at radius 2 is 1.72 bits per heavy atom. The average Bonchev–Trinajstić information content (AvgIpc) is 2.96. The molecule has 0 atom stereocenters. The normalized spacial score (nSPS) is 13.6. The Morgan fingerprint density at radius 3 is 2.38 bits per heavy atom. The van der Waals surface area contributed by atoms with Gasteiger partial charge in [0, 0.05) is 24.5 Å². The minimum atomic E-state index is -0.321. The third-order valence-electron chi connectivity index (χ3n) is 5.39. The lowest BCUT2D eigenvalue weighted by molar-refractivity contribution is 0.0656. The first-order valence-corrected chi connectivity index (χ1v) is 9.69. The lowest BCUT2D eigenvalue weighted by Crippen LogP contribution is -2.32. The molecule has 2 heterocycles. The van der Waals surface area contributed by atoms with Crippen LogP contribution in [0.15, 0.2) is 48.5 Å². The lowest BCUT2D eigenvalue weighted by atomic mass is 10.1. The number of hydrogen-bond acceptors (Lipinski definition) is 4. The summed E-state index contributed by atoms with van der Waals surface area (Å²) in [6, 6.07) is 13.4. The van der Waals surface area contributed by atoms with E-state index in [0.717, 1.165) is 23.2 Å². The van der Waals surface area contributed by atoms with E-state index in [0.29, 0.717) is 29.6 Å². The van der Waals surface area contributed by atoms with Crippen LogP contribution in [0.3, 0.4) is 0 Å². The van der Waals surface area contributed by atoms with E-state index in [1.165, 1.54) is 17.0 Å². The van der Waals surface area contributed by atoms with Gasteiger partial charge in [-0.3, -0.25) is 19.5 Å². The largest absolute Gasteiger partial charge is 0.301 e. The summed E-state index contributed by atoms with van der Waals surface area (Å²) < 4.78 is 13.6. The van der Waals surface area contributed by atoms with Crippen LogP contribution in [0.2, 0.25) is 0 Å². The van der Waals surface area contributed by atoms with Gasteiger partial charge in [0.25, 0.3) is 11.8 Å². The van der Waals surface area contributed by atoms with Crippen molar-refractivity contribution in [1.82, 2.24) is 14.8 Å². The Morgan fingerprint density at radius 1 is 1.03 bits per heavy atom. The summed E-state index contributed by atoms with van der Waals surface area (Å²) in [7, 11) is 1.99. The monoisotopic (exact) mass is 391 g/mol. The number of benzene rings is 2. The summed E-state index contributed by atoms with van der Waals surface area (Å²) in [6.07, 6.45) is 0.499. The SMILES string of the molecule is CCN(C)Cc1nc2cc(F)ccc2cc1CCN1C(=O)c2ccccc2C1=O. The Labute approximate surface area is 168 Å². The molecule has 3 aromatic rings. The molecule has 1 aliphatic rings. The standard InChI is InChI=1S/C23H22FN3O2/c1-3-26(2)14-21-16(12-15-8-9-17(24)13-20(15)25-21)10-11-27-22(28)18-6-4-5-7-19(18)23(27)29/h4-9,12-13H,3,10-11,14H2,1-2H3. The van der Waals surface area contributed by atoms with E-state index < -0.39 is 0 Å². The van der Waals surface area contributed by atoms with Crippen molar-refractivity contribution in [1.29, 1.82) is 0 Å². The number of imide groups is 1. The molecule has 0 radical (unpaired) electrons. The van der Waals surface area contributed by atoms with Crippen molar-refractivity contribution in [2.75, 3.05) is 20.1 Å². The highest BCUT2D eigenvalue weighted by Gasteiger charge is 2.34. The van der Waals surface area contributed by atoms with Crippen molar-refractivity contribution in [2.24, 2.45) is 0 Å². The number of carbonyl (C=O) groups excluding carboxylic acids is 2. The highest BCUT2D eigenvalue weighted by atomic mass is 19.1. The van der Waals surface area contributed by atoms with Crippen LogP contribution in [-0.2, 0) is 13.0 Å². The maximum Gasteiger partial charge on any atom is 0.261 e. The molecule has 5 nitrogen and oxygen atoms in total. The fourth-order valence-electron chi connectivity index (χ4n) is 3.62. The summed E-state index contributed by atoms with van der Waals surface area (Å²) in [5.74, 6) is -0.833. The molecule has 0 saturated carbocycles. The van der Waals surface area contributed by atoms with Gasteiger partial charge in [0.1, 0.15) is 5.82 Å². The van der Waals surface area contributed by atoms with Gasteiger partial charge in [0.05, 0.1) is 22.3 Å². The second kappa shape index (κ2) is 7.72. The van der Waals surface area contributed by atoms with Crippen molar-refractivity contribution in [2.45, 2.75) is 19.9 Å². The van der Waals surface area contributed by atoms with Crippen LogP contribution in [0.25, 0.3) is 10.9 Å². The van der Waals surface area contributed by atoms with Gasteiger partial charge in [0.2, 0.25) is 0 Å². The molecule has 0 spiro atoms. The Hall–Kier alpha value is -3.12. The van der Waals surface area contributed by atoms with Gasteiger partial charge in [-0.05, 0) is 55.9 Å². The first kappa shape index (κ1) is 19.2. The van der Waals surface area contributed by atoms with Gasteiger partial charge >= 0.3 is 0 Å². The van der Waals surface area contributed by atoms with E-state index in [1.54, 1.807) is 30.3 Å². The van der Waals surface area contributed by atoms with E-state index in [1.807, 2.05) is 13.1 Å². The molecule has 0 unspecified atom stereocenters. The molecule has 29 heavy (non-hydrogen) atoms. The smallest absolute Gasteiger partial charge is 0.261 e. The molecular weight excluding hydrogens is 369 g/mol. The van der Waals surface area contributed by atoms with Crippen LogP contribution in [0, 0.1) is 5.82 Å².